The maximum Gasteiger partial charge on any atom is 0.224 e. The molecule has 1 aliphatic heterocycles. The smallest absolute Gasteiger partial charge is 0.224 e. The molecule has 1 aliphatic rings. The van der Waals surface area contributed by atoms with Gasteiger partial charge < -0.3 is 10.2 Å². The summed E-state index contributed by atoms with van der Waals surface area (Å²) in [5.41, 5.74) is 0.701. The molecule has 1 heterocycles. The van der Waals surface area contributed by atoms with Crippen molar-refractivity contribution < 1.29 is 4.79 Å². The zero-order chi connectivity index (χ0) is 13.8. The Bertz CT molecular complexity index is 457. The molecule has 0 radical (unpaired) electrons. The zero-order valence-corrected chi connectivity index (χ0v) is 12.5. The molecule has 0 spiro atoms. The Morgan fingerprint density at radius 3 is 2.63 bits per heavy atom. The Balaban J connectivity index is 1.85. The number of amides is 1. The van der Waals surface area contributed by atoms with Crippen LogP contribution in [0.25, 0.3) is 0 Å². The number of benzene rings is 1. The number of nitrogens with one attached hydrogen (secondary N) is 1. The fourth-order valence-corrected chi connectivity index (χ4v) is 2.61. The van der Waals surface area contributed by atoms with Crippen LogP contribution in [0.1, 0.15) is 19.3 Å². The zero-order valence-electron chi connectivity index (χ0n) is 11.0. The Kier molecular flexibility index (Phi) is 5.08. The molecule has 5 heteroatoms. The molecule has 104 valence electrons. The molecule has 2 rings (SSSR count). The highest BCUT2D eigenvalue weighted by molar-refractivity contribution is 6.42. The predicted molar refractivity (Wildman–Crippen MR) is 79.9 cm³/mol. The summed E-state index contributed by atoms with van der Waals surface area (Å²) in [5.74, 6) is 0.534. The third-order valence-electron chi connectivity index (χ3n) is 3.52. The second-order valence-electron chi connectivity index (χ2n) is 5.13. The first kappa shape index (κ1) is 14.6. The van der Waals surface area contributed by atoms with Crippen molar-refractivity contribution in [3.63, 3.8) is 0 Å². The van der Waals surface area contributed by atoms with Crippen LogP contribution < -0.4 is 5.32 Å². The van der Waals surface area contributed by atoms with Crippen molar-refractivity contribution in [2.75, 3.05) is 25.5 Å². The van der Waals surface area contributed by atoms with Crippen LogP contribution in [0.15, 0.2) is 18.2 Å². The number of rotatable bonds is 3. The molecule has 1 aromatic carbocycles. The third-order valence-corrected chi connectivity index (χ3v) is 4.25. The van der Waals surface area contributed by atoms with Gasteiger partial charge in [-0.1, -0.05) is 23.2 Å². The Morgan fingerprint density at radius 2 is 2.00 bits per heavy atom. The summed E-state index contributed by atoms with van der Waals surface area (Å²) in [6, 6.07) is 5.13. The molecule has 1 N–H and O–H groups in total. The van der Waals surface area contributed by atoms with Gasteiger partial charge in [-0.15, -0.1) is 0 Å². The molecule has 0 unspecified atom stereocenters. The molecule has 1 fully saturated rings. The van der Waals surface area contributed by atoms with E-state index in [2.05, 4.69) is 17.3 Å². The fourth-order valence-electron chi connectivity index (χ4n) is 2.31. The summed E-state index contributed by atoms with van der Waals surface area (Å²) < 4.78 is 0. The molecule has 0 saturated carbocycles. The number of anilines is 1. The van der Waals surface area contributed by atoms with E-state index in [1.807, 2.05) is 0 Å². The van der Waals surface area contributed by atoms with Gasteiger partial charge in [-0.2, -0.15) is 0 Å². The molecule has 3 nitrogen and oxygen atoms in total. The molecule has 0 atom stereocenters. The maximum atomic E-state index is 12.0. The molecule has 1 amide bonds. The Labute approximate surface area is 123 Å². The number of halogens is 2. The highest BCUT2D eigenvalue weighted by Crippen LogP contribution is 2.26. The SMILES string of the molecule is CN1CCC(CC(=O)Nc2ccc(Cl)c(Cl)c2)CC1. The number of piperidine rings is 1. The van der Waals surface area contributed by atoms with Gasteiger partial charge in [-0.05, 0) is 57.1 Å². The first-order valence-corrected chi connectivity index (χ1v) is 7.23. The van der Waals surface area contributed by atoms with Crippen molar-refractivity contribution in [1.82, 2.24) is 4.90 Å². The van der Waals surface area contributed by atoms with Gasteiger partial charge >= 0.3 is 0 Å². The minimum Gasteiger partial charge on any atom is -0.326 e. The van der Waals surface area contributed by atoms with E-state index in [0.29, 0.717) is 28.1 Å². The standard InChI is InChI=1S/C14H18Cl2N2O/c1-18-6-4-10(5-7-18)8-14(19)17-11-2-3-12(15)13(16)9-11/h2-3,9-10H,4-8H2,1H3,(H,17,19). The van der Waals surface area contributed by atoms with Crippen molar-refractivity contribution in [3.8, 4) is 0 Å². The van der Waals surface area contributed by atoms with Crippen molar-refractivity contribution in [3.05, 3.63) is 28.2 Å². The van der Waals surface area contributed by atoms with E-state index in [-0.39, 0.29) is 5.91 Å². The summed E-state index contributed by atoms with van der Waals surface area (Å²) in [5, 5.41) is 3.83. The minimum atomic E-state index is 0.0490. The average Bonchev–Trinajstić information content (AvgIpc) is 2.37. The number of likely N-dealkylation sites (tertiary alicyclic amines) is 1. The van der Waals surface area contributed by atoms with Gasteiger partial charge in [0.2, 0.25) is 5.91 Å². The van der Waals surface area contributed by atoms with Gasteiger partial charge in [-0.25, -0.2) is 0 Å². The largest absolute Gasteiger partial charge is 0.326 e. The van der Waals surface area contributed by atoms with Crippen molar-refractivity contribution >= 4 is 34.8 Å². The third kappa shape index (κ3) is 4.37. The lowest BCUT2D eigenvalue weighted by atomic mass is 9.93. The fraction of sp³-hybridized carbons (Fsp3) is 0.500. The second-order valence-corrected chi connectivity index (χ2v) is 5.94. The number of hydrogen-bond donors (Lipinski definition) is 1. The van der Waals surface area contributed by atoms with Crippen LogP contribution in [0.3, 0.4) is 0 Å². The second kappa shape index (κ2) is 6.60. The summed E-state index contributed by atoms with van der Waals surface area (Å²) >= 11 is 11.8. The molecular weight excluding hydrogens is 283 g/mol. The normalized spacial score (nSPS) is 17.4. The van der Waals surface area contributed by atoms with Gasteiger partial charge in [0.15, 0.2) is 0 Å². The van der Waals surface area contributed by atoms with Gasteiger partial charge in [0.05, 0.1) is 10.0 Å². The molecule has 0 bridgehead atoms. The highest BCUT2D eigenvalue weighted by Gasteiger charge is 2.19. The summed E-state index contributed by atoms with van der Waals surface area (Å²) in [4.78, 5) is 14.3. The van der Waals surface area contributed by atoms with Gasteiger partial charge in [-0.3, -0.25) is 4.79 Å². The van der Waals surface area contributed by atoms with E-state index in [1.165, 1.54) is 0 Å². The van der Waals surface area contributed by atoms with Crippen molar-refractivity contribution in [2.24, 2.45) is 5.92 Å². The van der Waals surface area contributed by atoms with E-state index in [0.717, 1.165) is 25.9 Å². The number of hydrogen-bond acceptors (Lipinski definition) is 2. The Morgan fingerprint density at radius 1 is 1.32 bits per heavy atom. The highest BCUT2D eigenvalue weighted by atomic mass is 35.5. The number of carbonyl (C=O) groups excluding carboxylic acids is 1. The molecule has 0 aliphatic carbocycles. The van der Waals surface area contributed by atoms with E-state index in [9.17, 15) is 4.79 Å². The molecular formula is C14H18Cl2N2O. The van der Waals surface area contributed by atoms with Crippen LogP contribution >= 0.6 is 23.2 Å². The van der Waals surface area contributed by atoms with E-state index >= 15 is 0 Å². The van der Waals surface area contributed by atoms with Crippen LogP contribution in [0.2, 0.25) is 10.0 Å². The molecule has 1 saturated heterocycles. The average molecular weight is 301 g/mol. The summed E-state index contributed by atoms with van der Waals surface area (Å²) in [6.45, 7) is 2.15. The topological polar surface area (TPSA) is 32.3 Å². The summed E-state index contributed by atoms with van der Waals surface area (Å²) in [6.07, 6.45) is 2.75. The van der Waals surface area contributed by atoms with Crippen molar-refractivity contribution in [1.29, 1.82) is 0 Å². The quantitative estimate of drug-likeness (QED) is 0.924. The lowest BCUT2D eigenvalue weighted by Crippen LogP contribution is -2.31. The van der Waals surface area contributed by atoms with E-state index in [4.69, 9.17) is 23.2 Å². The predicted octanol–water partition coefficient (Wildman–Crippen LogP) is 3.66. The maximum absolute atomic E-state index is 12.0. The van der Waals surface area contributed by atoms with Crippen LogP contribution in [-0.4, -0.2) is 30.9 Å². The van der Waals surface area contributed by atoms with Gasteiger partial charge in [0.1, 0.15) is 0 Å². The first-order valence-electron chi connectivity index (χ1n) is 6.48. The van der Waals surface area contributed by atoms with E-state index in [1.54, 1.807) is 18.2 Å². The van der Waals surface area contributed by atoms with Crippen LogP contribution in [-0.2, 0) is 4.79 Å². The first-order chi connectivity index (χ1) is 9.04. The van der Waals surface area contributed by atoms with E-state index < -0.39 is 0 Å². The van der Waals surface area contributed by atoms with Crippen molar-refractivity contribution in [2.45, 2.75) is 19.3 Å². The van der Waals surface area contributed by atoms with Crippen LogP contribution in [0.4, 0.5) is 5.69 Å². The molecule has 0 aromatic heterocycles. The monoisotopic (exact) mass is 300 g/mol. The summed E-state index contributed by atoms with van der Waals surface area (Å²) in [7, 11) is 2.12. The van der Waals surface area contributed by atoms with Crippen LogP contribution in [0.5, 0.6) is 0 Å². The number of carbonyl (C=O) groups is 1. The van der Waals surface area contributed by atoms with Crippen LogP contribution in [0, 0.1) is 5.92 Å². The lowest BCUT2D eigenvalue weighted by Gasteiger charge is -2.28. The van der Waals surface area contributed by atoms with Gasteiger partial charge in [0.25, 0.3) is 0 Å². The molecule has 19 heavy (non-hydrogen) atoms. The number of nitrogens with zero attached hydrogens (tertiary/aromatic N) is 1. The minimum absolute atomic E-state index is 0.0490. The van der Waals surface area contributed by atoms with Gasteiger partial charge in [0, 0.05) is 12.1 Å². The Hall–Kier alpha value is -0.770. The lowest BCUT2D eigenvalue weighted by molar-refractivity contribution is -0.117. The molecule has 1 aromatic rings.